The van der Waals surface area contributed by atoms with Crippen molar-refractivity contribution in [2.24, 2.45) is 5.92 Å². The monoisotopic (exact) mass is 287 g/mol. The number of carbonyl (C=O) groups is 1. The maximum absolute atomic E-state index is 12.0. The topological polar surface area (TPSA) is 56.2 Å². The van der Waals surface area contributed by atoms with Crippen LogP contribution in [-0.4, -0.2) is 28.9 Å². The highest BCUT2D eigenvalue weighted by Crippen LogP contribution is 2.19. The smallest absolute Gasteiger partial charge is 0.220 e. The van der Waals surface area contributed by atoms with E-state index in [4.69, 9.17) is 4.74 Å². The lowest BCUT2D eigenvalue weighted by atomic mass is 10.0. The molecule has 1 aromatic carbocycles. The summed E-state index contributed by atoms with van der Waals surface area (Å²) in [6.07, 6.45) is 1.53. The molecule has 5 heteroatoms. The summed E-state index contributed by atoms with van der Waals surface area (Å²) in [5.74, 6) is 0.454. The highest BCUT2D eigenvalue weighted by Gasteiger charge is 2.19. The number of aromatic nitrogens is 2. The van der Waals surface area contributed by atoms with Crippen molar-refractivity contribution >= 4 is 16.8 Å². The van der Waals surface area contributed by atoms with Gasteiger partial charge in [-0.15, -0.1) is 0 Å². The number of fused-ring (bicyclic) bond motifs is 1. The van der Waals surface area contributed by atoms with Crippen LogP contribution in [0.4, 0.5) is 0 Å². The number of hydrogen-bond donors (Lipinski definition) is 1. The normalized spacial score (nSPS) is 18.2. The van der Waals surface area contributed by atoms with Gasteiger partial charge >= 0.3 is 0 Å². The molecule has 1 unspecified atom stereocenters. The van der Waals surface area contributed by atoms with Gasteiger partial charge in [0.15, 0.2) is 0 Å². The van der Waals surface area contributed by atoms with Crippen LogP contribution >= 0.6 is 0 Å². The molecule has 1 N–H and O–H groups in total. The van der Waals surface area contributed by atoms with Crippen molar-refractivity contribution in [2.75, 3.05) is 13.2 Å². The summed E-state index contributed by atoms with van der Waals surface area (Å²) in [5, 5.41) is 8.69. The van der Waals surface area contributed by atoms with E-state index < -0.39 is 0 Å². The van der Waals surface area contributed by atoms with Gasteiger partial charge in [0.05, 0.1) is 17.8 Å². The van der Waals surface area contributed by atoms with E-state index in [2.05, 4.69) is 29.5 Å². The van der Waals surface area contributed by atoms with Gasteiger partial charge in [-0.05, 0) is 25.3 Å². The van der Waals surface area contributed by atoms with Crippen molar-refractivity contribution in [3.8, 4) is 0 Å². The number of hydrogen-bond acceptors (Lipinski definition) is 3. The van der Waals surface area contributed by atoms with Crippen LogP contribution in [0.25, 0.3) is 10.9 Å². The molecule has 1 aromatic heterocycles. The van der Waals surface area contributed by atoms with Crippen LogP contribution in [-0.2, 0) is 22.6 Å². The largest absolute Gasteiger partial charge is 0.381 e. The molecular formula is C16H21N3O2. The van der Waals surface area contributed by atoms with Gasteiger partial charge < -0.3 is 10.1 Å². The highest BCUT2D eigenvalue weighted by molar-refractivity contribution is 5.83. The number of rotatable bonds is 5. The van der Waals surface area contributed by atoms with E-state index in [0.717, 1.165) is 36.2 Å². The minimum absolute atomic E-state index is 0.0839. The van der Waals surface area contributed by atoms with Crippen LogP contribution in [0.15, 0.2) is 24.3 Å². The van der Waals surface area contributed by atoms with Crippen LogP contribution in [0.2, 0.25) is 0 Å². The Bertz CT molecular complexity index is 629. The standard InChI is InChI=1S/C16H21N3O2/c1-2-19-15-6-4-3-5-13(15)14(18-19)10-17-16(20)9-12-7-8-21-11-12/h3-6,12H,2,7-11H2,1H3,(H,17,20). The lowest BCUT2D eigenvalue weighted by Gasteiger charge is -2.07. The van der Waals surface area contributed by atoms with Crippen molar-refractivity contribution in [1.29, 1.82) is 0 Å². The van der Waals surface area contributed by atoms with E-state index in [-0.39, 0.29) is 5.91 Å². The average molecular weight is 287 g/mol. The Hall–Kier alpha value is -1.88. The zero-order valence-electron chi connectivity index (χ0n) is 12.3. The van der Waals surface area contributed by atoms with E-state index in [0.29, 0.717) is 25.5 Å². The summed E-state index contributed by atoms with van der Waals surface area (Å²) in [5.41, 5.74) is 2.05. The molecule has 5 nitrogen and oxygen atoms in total. The highest BCUT2D eigenvalue weighted by atomic mass is 16.5. The molecule has 1 aliphatic heterocycles. The van der Waals surface area contributed by atoms with Gasteiger partial charge in [0.2, 0.25) is 5.91 Å². The van der Waals surface area contributed by atoms with Gasteiger partial charge in [0.25, 0.3) is 0 Å². The lowest BCUT2D eigenvalue weighted by molar-refractivity contribution is -0.122. The van der Waals surface area contributed by atoms with Gasteiger partial charge in [-0.25, -0.2) is 0 Å². The Balaban J connectivity index is 1.66. The molecule has 1 amide bonds. The molecule has 2 heterocycles. The third-order valence-electron chi connectivity index (χ3n) is 3.99. The molecule has 1 saturated heterocycles. The van der Waals surface area contributed by atoms with E-state index in [1.165, 1.54) is 0 Å². The van der Waals surface area contributed by atoms with E-state index in [1.54, 1.807) is 0 Å². The second kappa shape index (κ2) is 6.26. The summed E-state index contributed by atoms with van der Waals surface area (Å²) >= 11 is 0. The number of ether oxygens (including phenoxy) is 1. The Kier molecular flexibility index (Phi) is 4.20. The van der Waals surface area contributed by atoms with Crippen molar-refractivity contribution in [3.63, 3.8) is 0 Å². The number of nitrogens with one attached hydrogen (secondary N) is 1. The SMILES string of the molecule is CCn1nc(CNC(=O)CC2CCOC2)c2ccccc21. The van der Waals surface area contributed by atoms with Gasteiger partial charge in [-0.1, -0.05) is 18.2 Å². The van der Waals surface area contributed by atoms with Crippen LogP contribution < -0.4 is 5.32 Å². The van der Waals surface area contributed by atoms with Gasteiger partial charge in [0.1, 0.15) is 0 Å². The molecule has 3 rings (SSSR count). The summed E-state index contributed by atoms with van der Waals surface area (Å²) in [7, 11) is 0. The molecule has 0 spiro atoms. The van der Waals surface area contributed by atoms with Crippen molar-refractivity contribution in [2.45, 2.75) is 32.9 Å². The number of aryl methyl sites for hydroxylation is 1. The average Bonchev–Trinajstić information content (AvgIpc) is 3.12. The van der Waals surface area contributed by atoms with Gasteiger partial charge in [-0.2, -0.15) is 5.10 Å². The third-order valence-corrected chi connectivity index (χ3v) is 3.99. The summed E-state index contributed by atoms with van der Waals surface area (Å²) in [4.78, 5) is 12.0. The number of para-hydroxylation sites is 1. The van der Waals surface area contributed by atoms with E-state index in [1.807, 2.05) is 16.8 Å². The minimum atomic E-state index is 0.0839. The molecule has 0 aliphatic carbocycles. The first-order chi connectivity index (χ1) is 10.3. The van der Waals surface area contributed by atoms with Gasteiger partial charge in [0, 0.05) is 31.6 Å². The predicted octanol–water partition coefficient (Wildman–Crippen LogP) is 2.10. The van der Waals surface area contributed by atoms with E-state index >= 15 is 0 Å². The Morgan fingerprint density at radius 1 is 1.48 bits per heavy atom. The molecule has 2 aromatic rings. The summed E-state index contributed by atoms with van der Waals surface area (Å²) in [6.45, 7) is 4.87. The van der Waals surface area contributed by atoms with Crippen molar-refractivity contribution in [3.05, 3.63) is 30.0 Å². The Morgan fingerprint density at radius 3 is 3.10 bits per heavy atom. The lowest BCUT2D eigenvalue weighted by Crippen LogP contribution is -2.25. The predicted molar refractivity (Wildman–Crippen MR) is 80.8 cm³/mol. The molecule has 1 atom stereocenters. The molecule has 0 saturated carbocycles. The fourth-order valence-electron chi connectivity index (χ4n) is 2.83. The first kappa shape index (κ1) is 14.1. The molecule has 1 fully saturated rings. The maximum Gasteiger partial charge on any atom is 0.220 e. The quantitative estimate of drug-likeness (QED) is 0.916. The second-order valence-corrected chi connectivity index (χ2v) is 5.49. The van der Waals surface area contributed by atoms with Crippen LogP contribution in [0, 0.1) is 5.92 Å². The first-order valence-corrected chi connectivity index (χ1v) is 7.56. The summed E-state index contributed by atoms with van der Waals surface area (Å²) in [6, 6.07) is 8.14. The van der Waals surface area contributed by atoms with Crippen LogP contribution in [0.5, 0.6) is 0 Å². The molecule has 1 aliphatic rings. The van der Waals surface area contributed by atoms with Crippen LogP contribution in [0.1, 0.15) is 25.5 Å². The number of carbonyl (C=O) groups excluding carboxylic acids is 1. The maximum atomic E-state index is 12.0. The molecule has 21 heavy (non-hydrogen) atoms. The summed E-state index contributed by atoms with van der Waals surface area (Å²) < 4.78 is 7.27. The number of amides is 1. The minimum Gasteiger partial charge on any atom is -0.381 e. The van der Waals surface area contributed by atoms with Crippen molar-refractivity contribution < 1.29 is 9.53 Å². The Labute approximate surface area is 124 Å². The first-order valence-electron chi connectivity index (χ1n) is 7.56. The van der Waals surface area contributed by atoms with E-state index in [9.17, 15) is 4.79 Å². The van der Waals surface area contributed by atoms with Crippen LogP contribution in [0.3, 0.4) is 0 Å². The Morgan fingerprint density at radius 2 is 2.33 bits per heavy atom. The molecule has 112 valence electrons. The molecule has 0 bridgehead atoms. The fraction of sp³-hybridized carbons (Fsp3) is 0.500. The molecule has 0 radical (unpaired) electrons. The zero-order valence-corrected chi connectivity index (χ0v) is 12.3. The second-order valence-electron chi connectivity index (χ2n) is 5.49. The zero-order chi connectivity index (χ0) is 14.7. The number of benzene rings is 1. The third kappa shape index (κ3) is 3.08. The molecular weight excluding hydrogens is 266 g/mol. The fourth-order valence-corrected chi connectivity index (χ4v) is 2.83. The van der Waals surface area contributed by atoms with Gasteiger partial charge in [-0.3, -0.25) is 9.48 Å². The van der Waals surface area contributed by atoms with Crippen molar-refractivity contribution in [1.82, 2.24) is 15.1 Å². The number of nitrogens with zero attached hydrogens (tertiary/aromatic N) is 2.